The molecule has 5 nitrogen and oxygen atoms in total. The molecule has 2 heterocycles. The molecular weight excluding hydrogens is 357 g/mol. The number of benzene rings is 1. The van der Waals surface area contributed by atoms with Crippen LogP contribution in [0.3, 0.4) is 0 Å². The number of amides is 3. The Hall–Kier alpha value is -1.31. The minimum atomic E-state index is -0.00797. The molecule has 2 aliphatic rings. The summed E-state index contributed by atoms with van der Waals surface area (Å²) in [5.41, 5.74) is 0.744. The maximum atomic E-state index is 12.5. The second kappa shape index (κ2) is 4.99. The van der Waals surface area contributed by atoms with E-state index in [1.807, 2.05) is 34.1 Å². The molecule has 0 aromatic heterocycles. The van der Waals surface area contributed by atoms with Gasteiger partial charge in [0.1, 0.15) is 0 Å². The van der Waals surface area contributed by atoms with Crippen molar-refractivity contribution in [1.29, 1.82) is 0 Å². The SMILES string of the molecule is O=C(c1ccccc1I)N1CCN2C(=O)NCC2C1. The van der Waals surface area contributed by atoms with E-state index in [4.69, 9.17) is 0 Å². The third-order valence-corrected chi connectivity index (χ3v) is 4.56. The summed E-state index contributed by atoms with van der Waals surface area (Å²) in [5, 5.41) is 2.82. The van der Waals surface area contributed by atoms with Gasteiger partial charge in [0.05, 0.1) is 11.6 Å². The summed E-state index contributed by atoms with van der Waals surface area (Å²) in [4.78, 5) is 27.7. The standard InChI is InChI=1S/C13H14IN3O2/c14-11-4-2-1-3-10(11)12(18)16-5-6-17-9(8-16)7-15-13(17)19/h1-4,9H,5-8H2,(H,15,19). The molecular formula is C13H14IN3O2. The monoisotopic (exact) mass is 371 g/mol. The predicted molar refractivity (Wildman–Crippen MR) is 79.0 cm³/mol. The van der Waals surface area contributed by atoms with Crippen LogP contribution in [0, 0.1) is 3.57 Å². The summed E-state index contributed by atoms with van der Waals surface area (Å²) < 4.78 is 0.966. The van der Waals surface area contributed by atoms with Gasteiger partial charge in [0.15, 0.2) is 0 Å². The number of nitrogens with zero attached hydrogens (tertiary/aromatic N) is 2. The minimum Gasteiger partial charge on any atom is -0.336 e. The Kier molecular flexibility index (Phi) is 3.34. The Labute approximate surface area is 125 Å². The van der Waals surface area contributed by atoms with E-state index in [1.165, 1.54) is 0 Å². The van der Waals surface area contributed by atoms with Gasteiger partial charge in [-0.2, -0.15) is 0 Å². The summed E-state index contributed by atoms with van der Waals surface area (Å²) in [6.07, 6.45) is 0. The summed E-state index contributed by atoms with van der Waals surface area (Å²) in [6, 6.07) is 7.71. The van der Waals surface area contributed by atoms with Crippen molar-refractivity contribution in [2.24, 2.45) is 0 Å². The van der Waals surface area contributed by atoms with Crippen molar-refractivity contribution in [3.63, 3.8) is 0 Å². The molecule has 2 saturated heterocycles. The van der Waals surface area contributed by atoms with Gasteiger partial charge in [-0.1, -0.05) is 12.1 Å². The third-order valence-electron chi connectivity index (χ3n) is 3.62. The van der Waals surface area contributed by atoms with Gasteiger partial charge >= 0.3 is 6.03 Å². The van der Waals surface area contributed by atoms with E-state index in [-0.39, 0.29) is 18.0 Å². The van der Waals surface area contributed by atoms with Crippen molar-refractivity contribution in [1.82, 2.24) is 15.1 Å². The number of carbonyl (C=O) groups excluding carboxylic acids is 2. The summed E-state index contributed by atoms with van der Waals surface area (Å²) in [7, 11) is 0. The van der Waals surface area contributed by atoms with Crippen LogP contribution in [-0.2, 0) is 0 Å². The van der Waals surface area contributed by atoms with Gasteiger partial charge in [0, 0.05) is 29.7 Å². The molecule has 0 bridgehead atoms. The number of fused-ring (bicyclic) bond motifs is 1. The highest BCUT2D eigenvalue weighted by Crippen LogP contribution is 2.19. The van der Waals surface area contributed by atoms with Crippen molar-refractivity contribution >= 4 is 34.5 Å². The number of rotatable bonds is 1. The molecule has 0 spiro atoms. The van der Waals surface area contributed by atoms with Crippen LogP contribution in [0.5, 0.6) is 0 Å². The van der Waals surface area contributed by atoms with Crippen molar-refractivity contribution in [2.45, 2.75) is 6.04 Å². The largest absolute Gasteiger partial charge is 0.336 e. The molecule has 1 unspecified atom stereocenters. The Morgan fingerprint density at radius 3 is 2.89 bits per heavy atom. The van der Waals surface area contributed by atoms with Crippen LogP contribution in [0.1, 0.15) is 10.4 Å². The number of nitrogens with one attached hydrogen (secondary N) is 1. The maximum absolute atomic E-state index is 12.5. The van der Waals surface area contributed by atoms with Crippen molar-refractivity contribution in [3.8, 4) is 0 Å². The Balaban J connectivity index is 1.76. The lowest BCUT2D eigenvalue weighted by molar-refractivity contribution is 0.0616. The fourth-order valence-corrected chi connectivity index (χ4v) is 3.21. The Bertz CT molecular complexity index is 534. The fourth-order valence-electron chi connectivity index (χ4n) is 2.59. The number of piperazine rings is 1. The van der Waals surface area contributed by atoms with Crippen LogP contribution in [0.4, 0.5) is 4.79 Å². The highest BCUT2D eigenvalue weighted by atomic mass is 127. The normalized spacial score (nSPS) is 22.2. The van der Waals surface area contributed by atoms with Gasteiger partial charge in [-0.3, -0.25) is 4.79 Å². The first kappa shape index (κ1) is 12.7. The van der Waals surface area contributed by atoms with E-state index in [0.29, 0.717) is 26.2 Å². The highest BCUT2D eigenvalue weighted by Gasteiger charge is 2.37. The Morgan fingerprint density at radius 1 is 1.32 bits per heavy atom. The number of hydrogen-bond donors (Lipinski definition) is 1. The molecule has 1 aromatic carbocycles. The molecule has 0 saturated carbocycles. The summed E-state index contributed by atoms with van der Waals surface area (Å²) in [6.45, 7) is 2.47. The van der Waals surface area contributed by atoms with Gasteiger partial charge in [-0.25, -0.2) is 4.79 Å². The zero-order chi connectivity index (χ0) is 13.4. The minimum absolute atomic E-state index is 0.00797. The number of halogens is 1. The van der Waals surface area contributed by atoms with E-state index in [9.17, 15) is 9.59 Å². The third kappa shape index (κ3) is 2.29. The zero-order valence-corrected chi connectivity index (χ0v) is 12.5. The smallest absolute Gasteiger partial charge is 0.317 e. The average molecular weight is 371 g/mol. The van der Waals surface area contributed by atoms with Crippen LogP contribution in [0.2, 0.25) is 0 Å². The highest BCUT2D eigenvalue weighted by molar-refractivity contribution is 14.1. The predicted octanol–water partition coefficient (Wildman–Crippen LogP) is 1.14. The quantitative estimate of drug-likeness (QED) is 0.753. The molecule has 1 atom stereocenters. The van der Waals surface area contributed by atoms with Crippen molar-refractivity contribution in [3.05, 3.63) is 33.4 Å². The molecule has 19 heavy (non-hydrogen) atoms. The second-order valence-electron chi connectivity index (χ2n) is 4.76. The maximum Gasteiger partial charge on any atom is 0.317 e. The lowest BCUT2D eigenvalue weighted by atomic mass is 10.1. The number of hydrogen-bond acceptors (Lipinski definition) is 2. The Morgan fingerprint density at radius 2 is 2.11 bits per heavy atom. The van der Waals surface area contributed by atoms with Gasteiger partial charge in [0.25, 0.3) is 5.91 Å². The molecule has 0 radical (unpaired) electrons. The second-order valence-corrected chi connectivity index (χ2v) is 5.93. The molecule has 3 amide bonds. The fraction of sp³-hybridized carbons (Fsp3) is 0.385. The van der Waals surface area contributed by atoms with E-state index in [1.54, 1.807) is 0 Å². The van der Waals surface area contributed by atoms with Crippen molar-refractivity contribution in [2.75, 3.05) is 26.2 Å². The van der Waals surface area contributed by atoms with E-state index >= 15 is 0 Å². The molecule has 1 aromatic rings. The van der Waals surface area contributed by atoms with E-state index in [2.05, 4.69) is 27.9 Å². The van der Waals surface area contributed by atoms with E-state index in [0.717, 1.165) is 9.13 Å². The lowest BCUT2D eigenvalue weighted by Gasteiger charge is -2.36. The van der Waals surface area contributed by atoms with Crippen LogP contribution in [0.15, 0.2) is 24.3 Å². The number of carbonyl (C=O) groups is 2. The van der Waals surface area contributed by atoms with Gasteiger partial charge in [-0.05, 0) is 34.7 Å². The van der Waals surface area contributed by atoms with Crippen LogP contribution >= 0.6 is 22.6 Å². The molecule has 0 aliphatic carbocycles. The first-order valence-corrected chi connectivity index (χ1v) is 7.33. The lowest BCUT2D eigenvalue weighted by Crippen LogP contribution is -2.53. The molecule has 100 valence electrons. The van der Waals surface area contributed by atoms with Gasteiger partial charge < -0.3 is 15.1 Å². The topological polar surface area (TPSA) is 52.7 Å². The van der Waals surface area contributed by atoms with Crippen LogP contribution in [0.25, 0.3) is 0 Å². The number of urea groups is 1. The molecule has 2 aliphatic heterocycles. The van der Waals surface area contributed by atoms with Crippen LogP contribution < -0.4 is 5.32 Å². The van der Waals surface area contributed by atoms with Gasteiger partial charge in [-0.15, -0.1) is 0 Å². The van der Waals surface area contributed by atoms with E-state index < -0.39 is 0 Å². The van der Waals surface area contributed by atoms with Crippen molar-refractivity contribution < 1.29 is 9.59 Å². The zero-order valence-electron chi connectivity index (χ0n) is 10.3. The summed E-state index contributed by atoms with van der Waals surface area (Å²) >= 11 is 2.18. The first-order valence-electron chi connectivity index (χ1n) is 6.25. The summed E-state index contributed by atoms with van der Waals surface area (Å²) in [5.74, 6) is 0.0593. The molecule has 6 heteroatoms. The molecule has 1 N–H and O–H groups in total. The average Bonchev–Trinajstić information content (AvgIpc) is 2.80. The molecule has 2 fully saturated rings. The van der Waals surface area contributed by atoms with Gasteiger partial charge in [0.2, 0.25) is 0 Å². The van der Waals surface area contributed by atoms with Crippen LogP contribution in [-0.4, -0.2) is 54.0 Å². The first-order chi connectivity index (χ1) is 9.16. The molecule has 3 rings (SSSR count).